The third-order valence-electron chi connectivity index (χ3n) is 3.18. The first kappa shape index (κ1) is 13.3. The van der Waals surface area contributed by atoms with Gasteiger partial charge in [-0.2, -0.15) is 0 Å². The van der Waals surface area contributed by atoms with Gasteiger partial charge in [-0.3, -0.25) is 0 Å². The van der Waals surface area contributed by atoms with Crippen LogP contribution in [0.3, 0.4) is 0 Å². The molecule has 0 spiro atoms. The molecule has 1 aliphatic rings. The first-order valence-electron chi connectivity index (χ1n) is 5.84. The second kappa shape index (κ2) is 4.51. The number of anilines is 1. The summed E-state index contributed by atoms with van der Waals surface area (Å²) in [7, 11) is -2.02. The molecule has 0 unspecified atom stereocenters. The molecule has 4 nitrogen and oxygen atoms in total. The summed E-state index contributed by atoms with van der Waals surface area (Å²) in [4.78, 5) is 0.0575. The van der Waals surface area contributed by atoms with Gasteiger partial charge in [0.1, 0.15) is 5.82 Å². The van der Waals surface area contributed by atoms with E-state index in [1.807, 2.05) is 0 Å². The van der Waals surface area contributed by atoms with Crippen LogP contribution in [0.25, 0.3) is 0 Å². The molecule has 1 saturated carbocycles. The van der Waals surface area contributed by atoms with Crippen molar-refractivity contribution in [1.29, 1.82) is 0 Å². The molecule has 1 fully saturated rings. The average molecular weight is 272 g/mol. The van der Waals surface area contributed by atoms with Crippen LogP contribution in [0.1, 0.15) is 18.4 Å². The van der Waals surface area contributed by atoms with E-state index in [4.69, 9.17) is 5.73 Å². The Hall–Kier alpha value is -1.14. The van der Waals surface area contributed by atoms with Gasteiger partial charge in [-0.05, 0) is 43.4 Å². The number of nitrogens with zero attached hydrogens (tertiary/aromatic N) is 1. The normalized spacial score (nSPS) is 16.2. The highest BCUT2D eigenvalue weighted by Gasteiger charge is 2.29. The Morgan fingerprint density at radius 1 is 1.44 bits per heavy atom. The van der Waals surface area contributed by atoms with Crippen molar-refractivity contribution in [3.63, 3.8) is 0 Å². The van der Waals surface area contributed by atoms with Gasteiger partial charge in [0, 0.05) is 13.6 Å². The van der Waals surface area contributed by atoms with Crippen molar-refractivity contribution in [3.8, 4) is 0 Å². The van der Waals surface area contributed by atoms with Crippen LogP contribution in [-0.4, -0.2) is 26.3 Å². The molecule has 2 N–H and O–H groups in total. The number of hydrogen-bond donors (Lipinski definition) is 1. The van der Waals surface area contributed by atoms with E-state index in [0.29, 0.717) is 12.5 Å². The lowest BCUT2D eigenvalue weighted by atomic mass is 10.2. The molecule has 0 radical (unpaired) electrons. The quantitative estimate of drug-likeness (QED) is 0.849. The molecule has 18 heavy (non-hydrogen) atoms. The third kappa shape index (κ3) is 2.49. The second-order valence-electron chi connectivity index (χ2n) is 4.87. The summed E-state index contributed by atoms with van der Waals surface area (Å²) in [6.07, 6.45) is 2.15. The minimum Gasteiger partial charge on any atom is -0.396 e. The van der Waals surface area contributed by atoms with Crippen molar-refractivity contribution in [1.82, 2.24) is 4.31 Å². The van der Waals surface area contributed by atoms with E-state index < -0.39 is 15.8 Å². The lowest BCUT2D eigenvalue weighted by Crippen LogP contribution is -2.29. The van der Waals surface area contributed by atoms with Crippen molar-refractivity contribution in [2.24, 2.45) is 5.92 Å². The fourth-order valence-electron chi connectivity index (χ4n) is 1.85. The summed E-state index contributed by atoms with van der Waals surface area (Å²) in [5.41, 5.74) is 5.59. The SMILES string of the molecule is Cc1cc(S(=O)(=O)N(C)CC2CC2)cc(N)c1F. The fraction of sp³-hybridized carbons (Fsp3) is 0.500. The molecule has 0 saturated heterocycles. The van der Waals surface area contributed by atoms with Crippen molar-refractivity contribution in [2.75, 3.05) is 19.3 Å². The average Bonchev–Trinajstić information content (AvgIpc) is 3.08. The van der Waals surface area contributed by atoms with Crippen LogP contribution in [0.4, 0.5) is 10.1 Å². The summed E-state index contributed by atoms with van der Waals surface area (Å²) in [6, 6.07) is 2.51. The van der Waals surface area contributed by atoms with E-state index >= 15 is 0 Å². The van der Waals surface area contributed by atoms with Gasteiger partial charge in [-0.1, -0.05) is 0 Å². The highest BCUT2D eigenvalue weighted by Crippen LogP contribution is 2.31. The molecular weight excluding hydrogens is 255 g/mol. The first-order valence-corrected chi connectivity index (χ1v) is 7.28. The maximum Gasteiger partial charge on any atom is 0.242 e. The van der Waals surface area contributed by atoms with Crippen LogP contribution in [-0.2, 0) is 10.0 Å². The van der Waals surface area contributed by atoms with Crippen molar-refractivity contribution >= 4 is 15.7 Å². The molecule has 0 bridgehead atoms. The maximum absolute atomic E-state index is 13.4. The summed E-state index contributed by atoms with van der Waals surface area (Å²) in [5, 5.41) is 0. The minimum atomic E-state index is -3.57. The van der Waals surface area contributed by atoms with Crippen LogP contribution in [0, 0.1) is 18.7 Å². The van der Waals surface area contributed by atoms with E-state index in [1.54, 1.807) is 7.05 Å². The summed E-state index contributed by atoms with van der Waals surface area (Å²) >= 11 is 0. The van der Waals surface area contributed by atoms with E-state index in [-0.39, 0.29) is 16.1 Å². The number of halogens is 1. The Balaban J connectivity index is 2.34. The molecule has 0 amide bonds. The molecule has 6 heteroatoms. The van der Waals surface area contributed by atoms with Crippen LogP contribution in [0.5, 0.6) is 0 Å². The Kier molecular flexibility index (Phi) is 3.33. The zero-order valence-electron chi connectivity index (χ0n) is 10.5. The third-order valence-corrected chi connectivity index (χ3v) is 4.98. The Morgan fingerprint density at radius 3 is 2.56 bits per heavy atom. The van der Waals surface area contributed by atoms with E-state index in [0.717, 1.165) is 12.8 Å². The standard InChI is InChI=1S/C12H17FN2O2S/c1-8-5-10(6-11(14)12(8)13)18(16,17)15(2)7-9-3-4-9/h5-6,9H,3-4,7,14H2,1-2H3. The van der Waals surface area contributed by atoms with Crippen LogP contribution < -0.4 is 5.73 Å². The molecular formula is C12H17FN2O2S. The van der Waals surface area contributed by atoms with E-state index in [1.165, 1.54) is 23.4 Å². The van der Waals surface area contributed by atoms with Crippen molar-refractivity contribution in [3.05, 3.63) is 23.5 Å². The first-order chi connectivity index (χ1) is 8.32. The molecule has 0 atom stereocenters. The molecule has 1 aromatic carbocycles. The zero-order chi connectivity index (χ0) is 13.5. The number of benzene rings is 1. The Bertz CT molecular complexity index is 544. The lowest BCUT2D eigenvalue weighted by molar-refractivity contribution is 0.452. The number of nitrogen functional groups attached to an aromatic ring is 1. The Labute approximate surface area is 107 Å². The van der Waals surface area contributed by atoms with Crippen molar-refractivity contribution < 1.29 is 12.8 Å². The molecule has 1 aliphatic carbocycles. The molecule has 0 aromatic heterocycles. The number of aryl methyl sites for hydroxylation is 1. The van der Waals surface area contributed by atoms with Gasteiger partial charge in [0.05, 0.1) is 10.6 Å². The van der Waals surface area contributed by atoms with Crippen LogP contribution >= 0.6 is 0 Å². The fourth-order valence-corrected chi connectivity index (χ4v) is 3.22. The summed E-state index contributed by atoms with van der Waals surface area (Å²) < 4.78 is 39.2. The Morgan fingerprint density at radius 2 is 2.06 bits per heavy atom. The number of sulfonamides is 1. The van der Waals surface area contributed by atoms with Gasteiger partial charge in [-0.15, -0.1) is 0 Å². The van der Waals surface area contributed by atoms with Crippen LogP contribution in [0.15, 0.2) is 17.0 Å². The predicted molar refractivity (Wildman–Crippen MR) is 68.1 cm³/mol. The maximum atomic E-state index is 13.4. The van der Waals surface area contributed by atoms with E-state index in [9.17, 15) is 12.8 Å². The monoisotopic (exact) mass is 272 g/mol. The smallest absolute Gasteiger partial charge is 0.242 e. The van der Waals surface area contributed by atoms with Gasteiger partial charge in [0.2, 0.25) is 10.0 Å². The van der Waals surface area contributed by atoms with Crippen molar-refractivity contribution in [2.45, 2.75) is 24.7 Å². The molecule has 100 valence electrons. The number of rotatable bonds is 4. The summed E-state index contributed by atoms with van der Waals surface area (Å²) in [6.45, 7) is 2.02. The lowest BCUT2D eigenvalue weighted by Gasteiger charge is -2.17. The van der Waals surface area contributed by atoms with Gasteiger partial charge >= 0.3 is 0 Å². The van der Waals surface area contributed by atoms with Crippen LogP contribution in [0.2, 0.25) is 0 Å². The molecule has 0 heterocycles. The van der Waals surface area contributed by atoms with E-state index in [2.05, 4.69) is 0 Å². The largest absolute Gasteiger partial charge is 0.396 e. The van der Waals surface area contributed by atoms with Gasteiger partial charge < -0.3 is 5.73 Å². The second-order valence-corrected chi connectivity index (χ2v) is 6.92. The highest BCUT2D eigenvalue weighted by molar-refractivity contribution is 7.89. The molecule has 2 rings (SSSR count). The number of hydrogen-bond acceptors (Lipinski definition) is 3. The summed E-state index contributed by atoms with van der Waals surface area (Å²) in [5.74, 6) is -0.0949. The zero-order valence-corrected chi connectivity index (χ0v) is 11.3. The number of nitrogens with two attached hydrogens (primary N) is 1. The van der Waals surface area contributed by atoms with Gasteiger partial charge in [0.25, 0.3) is 0 Å². The predicted octanol–water partition coefficient (Wildman–Crippen LogP) is 1.75. The molecule has 1 aromatic rings. The molecule has 0 aliphatic heterocycles. The van der Waals surface area contributed by atoms with Gasteiger partial charge in [-0.25, -0.2) is 17.1 Å². The topological polar surface area (TPSA) is 63.4 Å². The highest BCUT2D eigenvalue weighted by atomic mass is 32.2. The van der Waals surface area contributed by atoms with Gasteiger partial charge in [0.15, 0.2) is 0 Å². The minimum absolute atomic E-state index is 0.0575.